The minimum Gasteiger partial charge on any atom is -0.361 e. The van der Waals surface area contributed by atoms with E-state index in [0.717, 1.165) is 23.1 Å². The summed E-state index contributed by atoms with van der Waals surface area (Å²) in [7, 11) is 0. The number of aryl methyl sites for hydroxylation is 1. The second-order valence-corrected chi connectivity index (χ2v) is 7.15. The first kappa shape index (κ1) is 13.8. The van der Waals surface area contributed by atoms with Crippen LogP contribution < -0.4 is 5.32 Å². The fourth-order valence-corrected chi connectivity index (χ4v) is 3.70. The first-order chi connectivity index (χ1) is 9.61. The van der Waals surface area contributed by atoms with Crippen molar-refractivity contribution in [3.8, 4) is 0 Å². The van der Waals surface area contributed by atoms with Crippen molar-refractivity contribution < 1.29 is 0 Å². The van der Waals surface area contributed by atoms with Crippen LogP contribution in [0.2, 0.25) is 0 Å². The Labute approximate surface area is 125 Å². The molecular weight excluding hydrogens is 266 g/mol. The van der Waals surface area contributed by atoms with Crippen molar-refractivity contribution in [3.05, 3.63) is 23.8 Å². The molecule has 20 heavy (non-hydrogen) atoms. The van der Waals surface area contributed by atoms with Crippen molar-refractivity contribution in [2.45, 2.75) is 33.2 Å². The Bertz CT molecular complexity index is 590. The van der Waals surface area contributed by atoms with Crippen LogP contribution in [0, 0.1) is 12.8 Å². The highest BCUT2D eigenvalue weighted by molar-refractivity contribution is 7.22. The standard InChI is InChI=1S/C16H23N3S/c1-11(2)19-7-6-13(10-19)9-17-16-18-14-8-12(3)4-5-15(14)20-16/h4-5,8,11,13H,6-7,9-10H2,1-3H3,(H,17,18). The third kappa shape index (κ3) is 2.96. The molecule has 0 aliphatic carbocycles. The molecule has 1 aromatic heterocycles. The summed E-state index contributed by atoms with van der Waals surface area (Å²) < 4.78 is 1.27. The first-order valence-corrected chi connectivity index (χ1v) is 8.28. The predicted octanol–water partition coefficient (Wildman–Crippen LogP) is 3.75. The lowest BCUT2D eigenvalue weighted by atomic mass is 10.1. The molecule has 0 bridgehead atoms. The minimum atomic E-state index is 0.672. The number of thiazole rings is 1. The van der Waals surface area contributed by atoms with Crippen molar-refractivity contribution >= 4 is 26.7 Å². The van der Waals surface area contributed by atoms with E-state index in [1.165, 1.54) is 29.8 Å². The summed E-state index contributed by atoms with van der Waals surface area (Å²) in [6, 6.07) is 7.16. The highest BCUT2D eigenvalue weighted by Crippen LogP contribution is 2.27. The van der Waals surface area contributed by atoms with Gasteiger partial charge >= 0.3 is 0 Å². The van der Waals surface area contributed by atoms with Gasteiger partial charge in [-0.2, -0.15) is 0 Å². The SMILES string of the molecule is Cc1ccc2sc(NCC3CCN(C(C)C)C3)nc2c1. The summed E-state index contributed by atoms with van der Waals surface area (Å²) in [6.45, 7) is 10.2. The molecule has 2 heterocycles. The van der Waals surface area contributed by atoms with Gasteiger partial charge in [-0.05, 0) is 57.4 Å². The van der Waals surface area contributed by atoms with E-state index in [0.29, 0.717) is 6.04 Å². The molecule has 0 amide bonds. The lowest BCUT2D eigenvalue weighted by Crippen LogP contribution is -2.29. The molecule has 0 radical (unpaired) electrons. The Kier molecular flexibility index (Phi) is 3.94. The van der Waals surface area contributed by atoms with Gasteiger partial charge in [-0.25, -0.2) is 4.98 Å². The molecule has 3 rings (SSSR count). The van der Waals surface area contributed by atoms with Gasteiger partial charge in [-0.3, -0.25) is 0 Å². The molecule has 108 valence electrons. The quantitative estimate of drug-likeness (QED) is 0.929. The molecule has 2 aromatic rings. The zero-order valence-electron chi connectivity index (χ0n) is 12.5. The number of rotatable bonds is 4. The van der Waals surface area contributed by atoms with Crippen LogP contribution in [0.1, 0.15) is 25.8 Å². The number of hydrogen-bond donors (Lipinski definition) is 1. The van der Waals surface area contributed by atoms with Gasteiger partial charge in [0.05, 0.1) is 10.2 Å². The zero-order valence-corrected chi connectivity index (χ0v) is 13.3. The van der Waals surface area contributed by atoms with E-state index < -0.39 is 0 Å². The van der Waals surface area contributed by atoms with E-state index in [4.69, 9.17) is 0 Å². The molecule has 0 saturated carbocycles. The smallest absolute Gasteiger partial charge is 0.183 e. The maximum atomic E-state index is 4.68. The first-order valence-electron chi connectivity index (χ1n) is 7.47. The number of benzene rings is 1. The summed E-state index contributed by atoms with van der Waals surface area (Å²) >= 11 is 1.76. The van der Waals surface area contributed by atoms with Gasteiger partial charge in [0, 0.05) is 19.1 Å². The largest absolute Gasteiger partial charge is 0.361 e. The normalized spacial score (nSPS) is 20.1. The number of hydrogen-bond acceptors (Lipinski definition) is 4. The number of likely N-dealkylation sites (tertiary alicyclic amines) is 1. The van der Waals surface area contributed by atoms with E-state index in [-0.39, 0.29) is 0 Å². The molecule has 0 spiro atoms. The maximum absolute atomic E-state index is 4.68. The number of nitrogens with zero attached hydrogens (tertiary/aromatic N) is 2. The monoisotopic (exact) mass is 289 g/mol. The van der Waals surface area contributed by atoms with Crippen LogP contribution in [0.3, 0.4) is 0 Å². The zero-order chi connectivity index (χ0) is 14.1. The van der Waals surface area contributed by atoms with Gasteiger partial charge in [0.15, 0.2) is 5.13 Å². The molecule has 1 atom stereocenters. The van der Waals surface area contributed by atoms with Gasteiger partial charge in [0.1, 0.15) is 0 Å². The van der Waals surface area contributed by atoms with Crippen molar-refractivity contribution in [3.63, 3.8) is 0 Å². The molecule has 1 aliphatic rings. The van der Waals surface area contributed by atoms with Crippen LogP contribution in [-0.4, -0.2) is 35.6 Å². The second kappa shape index (κ2) is 5.70. The van der Waals surface area contributed by atoms with Crippen molar-refractivity contribution in [1.82, 2.24) is 9.88 Å². The Morgan fingerprint density at radius 1 is 1.45 bits per heavy atom. The molecule has 1 aromatic carbocycles. The minimum absolute atomic E-state index is 0.672. The molecule has 3 nitrogen and oxygen atoms in total. The van der Waals surface area contributed by atoms with Crippen molar-refractivity contribution in [1.29, 1.82) is 0 Å². The Hall–Kier alpha value is -1.13. The lowest BCUT2D eigenvalue weighted by Gasteiger charge is -2.20. The van der Waals surface area contributed by atoms with Crippen LogP contribution in [0.4, 0.5) is 5.13 Å². The summed E-state index contributed by atoms with van der Waals surface area (Å²) in [6.07, 6.45) is 1.30. The van der Waals surface area contributed by atoms with E-state index in [1.54, 1.807) is 11.3 Å². The number of aromatic nitrogens is 1. The van der Waals surface area contributed by atoms with Gasteiger partial charge in [0.2, 0.25) is 0 Å². The van der Waals surface area contributed by atoms with Crippen LogP contribution in [0.25, 0.3) is 10.2 Å². The van der Waals surface area contributed by atoms with Crippen molar-refractivity contribution in [2.75, 3.05) is 25.0 Å². The molecule has 1 fully saturated rings. The predicted molar refractivity (Wildman–Crippen MR) is 87.7 cm³/mol. The van der Waals surface area contributed by atoms with Gasteiger partial charge in [0.25, 0.3) is 0 Å². The van der Waals surface area contributed by atoms with E-state index in [9.17, 15) is 0 Å². The van der Waals surface area contributed by atoms with Crippen LogP contribution >= 0.6 is 11.3 Å². The Balaban J connectivity index is 1.60. The molecule has 1 aliphatic heterocycles. The molecular formula is C16H23N3S. The molecule has 1 saturated heterocycles. The molecule has 4 heteroatoms. The average molecular weight is 289 g/mol. The van der Waals surface area contributed by atoms with Crippen LogP contribution in [0.15, 0.2) is 18.2 Å². The summed E-state index contributed by atoms with van der Waals surface area (Å²) in [5.41, 5.74) is 2.39. The van der Waals surface area contributed by atoms with E-state index in [1.807, 2.05) is 0 Å². The highest BCUT2D eigenvalue weighted by Gasteiger charge is 2.24. The number of fused-ring (bicyclic) bond motifs is 1. The Morgan fingerprint density at radius 2 is 2.30 bits per heavy atom. The fraction of sp³-hybridized carbons (Fsp3) is 0.562. The van der Waals surface area contributed by atoms with Gasteiger partial charge in [-0.15, -0.1) is 0 Å². The fourth-order valence-electron chi connectivity index (χ4n) is 2.84. The third-order valence-corrected chi connectivity index (χ3v) is 5.13. The average Bonchev–Trinajstić information content (AvgIpc) is 3.01. The molecule has 1 N–H and O–H groups in total. The summed E-state index contributed by atoms with van der Waals surface area (Å²) in [5.74, 6) is 0.756. The van der Waals surface area contributed by atoms with Gasteiger partial charge < -0.3 is 10.2 Å². The topological polar surface area (TPSA) is 28.2 Å². The van der Waals surface area contributed by atoms with E-state index in [2.05, 4.69) is 54.2 Å². The van der Waals surface area contributed by atoms with Crippen LogP contribution in [-0.2, 0) is 0 Å². The number of anilines is 1. The van der Waals surface area contributed by atoms with Crippen molar-refractivity contribution in [2.24, 2.45) is 5.92 Å². The van der Waals surface area contributed by atoms with Crippen LogP contribution in [0.5, 0.6) is 0 Å². The Morgan fingerprint density at radius 3 is 3.05 bits per heavy atom. The number of nitrogens with one attached hydrogen (secondary N) is 1. The lowest BCUT2D eigenvalue weighted by molar-refractivity contribution is 0.266. The summed E-state index contributed by atoms with van der Waals surface area (Å²) in [5, 5.41) is 4.60. The second-order valence-electron chi connectivity index (χ2n) is 6.11. The summed E-state index contributed by atoms with van der Waals surface area (Å²) in [4.78, 5) is 7.25. The highest BCUT2D eigenvalue weighted by atomic mass is 32.1. The van der Waals surface area contributed by atoms with Gasteiger partial charge in [-0.1, -0.05) is 17.4 Å². The maximum Gasteiger partial charge on any atom is 0.183 e. The van der Waals surface area contributed by atoms with E-state index >= 15 is 0 Å². The third-order valence-electron chi connectivity index (χ3n) is 4.13. The molecule has 1 unspecified atom stereocenters.